The fraction of sp³-hybridized carbons (Fsp3) is 0.714. The van der Waals surface area contributed by atoms with Crippen LogP contribution in [0.15, 0.2) is 17.5 Å². The number of likely N-dealkylation sites (N-methyl/N-ethyl adjacent to an activating group) is 1. The molecule has 1 fully saturated rings. The zero-order chi connectivity index (χ0) is 13.0. The molecular weight excluding hydrogens is 244 g/mol. The van der Waals surface area contributed by atoms with Crippen LogP contribution in [-0.4, -0.2) is 44.3 Å². The van der Waals surface area contributed by atoms with E-state index in [1.807, 2.05) is 11.3 Å². The second-order valence-electron chi connectivity index (χ2n) is 5.34. The standard InChI is InChI=1S/C14H24N2OS/c1-11(2)14(13-5-4-8-18-13)16(3)10-12-9-15-6-7-17-12/h4-5,8,11-12,14-15H,6-7,9-10H2,1-3H3. The normalized spacial score (nSPS) is 22.6. The van der Waals surface area contributed by atoms with Crippen molar-refractivity contribution in [3.05, 3.63) is 22.4 Å². The predicted octanol–water partition coefficient (Wildman–Crippen LogP) is 2.37. The summed E-state index contributed by atoms with van der Waals surface area (Å²) in [6.45, 7) is 8.37. The lowest BCUT2D eigenvalue weighted by Gasteiger charge is -2.34. The van der Waals surface area contributed by atoms with Crippen LogP contribution in [0.25, 0.3) is 0 Å². The second kappa shape index (κ2) is 6.66. The van der Waals surface area contributed by atoms with Gasteiger partial charge in [-0.05, 0) is 24.4 Å². The second-order valence-corrected chi connectivity index (χ2v) is 6.32. The summed E-state index contributed by atoms with van der Waals surface area (Å²) in [5.41, 5.74) is 0. The molecule has 2 atom stereocenters. The van der Waals surface area contributed by atoms with Gasteiger partial charge < -0.3 is 10.1 Å². The van der Waals surface area contributed by atoms with Crippen LogP contribution in [-0.2, 0) is 4.74 Å². The summed E-state index contributed by atoms with van der Waals surface area (Å²) in [5.74, 6) is 0.616. The molecular formula is C14H24N2OS. The summed E-state index contributed by atoms with van der Waals surface area (Å²) in [7, 11) is 2.21. The number of rotatable bonds is 5. The summed E-state index contributed by atoms with van der Waals surface area (Å²) in [5, 5.41) is 5.56. The summed E-state index contributed by atoms with van der Waals surface area (Å²) in [6, 6.07) is 4.88. The lowest BCUT2D eigenvalue weighted by molar-refractivity contribution is -0.00106. The van der Waals surface area contributed by atoms with E-state index in [1.54, 1.807) is 0 Å². The van der Waals surface area contributed by atoms with E-state index in [2.05, 4.69) is 48.6 Å². The molecule has 2 rings (SSSR count). The molecule has 0 saturated carbocycles. The minimum absolute atomic E-state index is 0.324. The molecule has 0 aliphatic carbocycles. The van der Waals surface area contributed by atoms with Crippen molar-refractivity contribution in [3.63, 3.8) is 0 Å². The van der Waals surface area contributed by atoms with E-state index >= 15 is 0 Å². The SMILES string of the molecule is CC(C)C(c1cccs1)N(C)CC1CNCCO1. The van der Waals surface area contributed by atoms with E-state index in [-0.39, 0.29) is 0 Å². The molecule has 0 amide bonds. The third-order valence-corrected chi connectivity index (χ3v) is 4.38. The predicted molar refractivity (Wildman–Crippen MR) is 77.1 cm³/mol. The lowest BCUT2D eigenvalue weighted by atomic mass is 10.0. The van der Waals surface area contributed by atoms with Gasteiger partial charge in [-0.3, -0.25) is 4.90 Å². The Kier molecular flexibility index (Phi) is 5.18. The smallest absolute Gasteiger partial charge is 0.0826 e. The molecule has 1 aromatic rings. The van der Waals surface area contributed by atoms with Crippen LogP contribution in [0.5, 0.6) is 0 Å². The van der Waals surface area contributed by atoms with Gasteiger partial charge in [-0.2, -0.15) is 0 Å². The lowest BCUT2D eigenvalue weighted by Crippen LogP contribution is -2.45. The average molecular weight is 268 g/mol. The van der Waals surface area contributed by atoms with Crippen molar-refractivity contribution in [2.24, 2.45) is 5.92 Å². The Labute approximate surface area is 114 Å². The number of nitrogens with one attached hydrogen (secondary N) is 1. The molecule has 4 heteroatoms. The van der Waals surface area contributed by atoms with Crippen LogP contribution in [0.1, 0.15) is 24.8 Å². The number of thiophene rings is 1. The third kappa shape index (κ3) is 3.54. The first-order valence-electron chi connectivity index (χ1n) is 6.74. The first-order valence-corrected chi connectivity index (χ1v) is 7.62. The van der Waals surface area contributed by atoms with Gasteiger partial charge in [0.15, 0.2) is 0 Å². The van der Waals surface area contributed by atoms with Crippen molar-refractivity contribution >= 4 is 11.3 Å². The van der Waals surface area contributed by atoms with E-state index in [1.165, 1.54) is 4.88 Å². The minimum atomic E-state index is 0.324. The highest BCUT2D eigenvalue weighted by Crippen LogP contribution is 2.30. The highest BCUT2D eigenvalue weighted by atomic mass is 32.1. The Morgan fingerprint density at radius 1 is 1.56 bits per heavy atom. The molecule has 2 heterocycles. The van der Waals surface area contributed by atoms with Crippen LogP contribution in [0.2, 0.25) is 0 Å². The van der Waals surface area contributed by atoms with Crippen molar-refractivity contribution in [1.82, 2.24) is 10.2 Å². The maximum atomic E-state index is 5.80. The highest BCUT2D eigenvalue weighted by Gasteiger charge is 2.25. The van der Waals surface area contributed by atoms with Crippen molar-refractivity contribution in [3.8, 4) is 0 Å². The van der Waals surface area contributed by atoms with Gasteiger partial charge in [0.25, 0.3) is 0 Å². The fourth-order valence-electron chi connectivity index (χ4n) is 2.69. The van der Waals surface area contributed by atoms with Crippen molar-refractivity contribution in [2.45, 2.75) is 26.0 Å². The van der Waals surface area contributed by atoms with Gasteiger partial charge in [-0.1, -0.05) is 19.9 Å². The van der Waals surface area contributed by atoms with Gasteiger partial charge >= 0.3 is 0 Å². The molecule has 1 aromatic heterocycles. The molecule has 1 aliphatic heterocycles. The molecule has 0 aromatic carbocycles. The Morgan fingerprint density at radius 3 is 2.94 bits per heavy atom. The molecule has 102 valence electrons. The first kappa shape index (κ1) is 14.0. The number of hydrogen-bond acceptors (Lipinski definition) is 4. The average Bonchev–Trinajstić information content (AvgIpc) is 2.83. The molecule has 0 radical (unpaired) electrons. The number of nitrogens with zero attached hydrogens (tertiary/aromatic N) is 1. The zero-order valence-electron chi connectivity index (χ0n) is 11.6. The van der Waals surface area contributed by atoms with Gasteiger partial charge in [0.05, 0.1) is 12.7 Å². The van der Waals surface area contributed by atoms with E-state index < -0.39 is 0 Å². The minimum Gasteiger partial charge on any atom is -0.374 e. The molecule has 2 unspecified atom stereocenters. The number of ether oxygens (including phenoxy) is 1. The molecule has 18 heavy (non-hydrogen) atoms. The Balaban J connectivity index is 1.97. The van der Waals surface area contributed by atoms with E-state index in [0.717, 1.165) is 26.2 Å². The first-order chi connectivity index (χ1) is 8.68. The largest absolute Gasteiger partial charge is 0.374 e. The van der Waals surface area contributed by atoms with Gasteiger partial charge in [-0.15, -0.1) is 11.3 Å². The summed E-state index contributed by atoms with van der Waals surface area (Å²) in [6.07, 6.45) is 0.324. The number of hydrogen-bond donors (Lipinski definition) is 1. The Morgan fingerprint density at radius 2 is 2.39 bits per heavy atom. The van der Waals surface area contributed by atoms with Gasteiger partial charge in [-0.25, -0.2) is 0 Å². The molecule has 0 bridgehead atoms. The van der Waals surface area contributed by atoms with E-state index in [4.69, 9.17) is 4.74 Å². The fourth-order valence-corrected chi connectivity index (χ4v) is 3.75. The van der Waals surface area contributed by atoms with Gasteiger partial charge in [0, 0.05) is 30.6 Å². The van der Waals surface area contributed by atoms with Gasteiger partial charge in [0.1, 0.15) is 0 Å². The van der Waals surface area contributed by atoms with E-state index in [9.17, 15) is 0 Å². The Hall–Kier alpha value is -0.420. The van der Waals surface area contributed by atoms with Gasteiger partial charge in [0.2, 0.25) is 0 Å². The monoisotopic (exact) mass is 268 g/mol. The van der Waals surface area contributed by atoms with Crippen molar-refractivity contribution < 1.29 is 4.74 Å². The van der Waals surface area contributed by atoms with E-state index in [0.29, 0.717) is 18.1 Å². The van der Waals surface area contributed by atoms with Crippen LogP contribution >= 0.6 is 11.3 Å². The molecule has 0 spiro atoms. The van der Waals surface area contributed by atoms with Crippen molar-refractivity contribution in [1.29, 1.82) is 0 Å². The van der Waals surface area contributed by atoms with Crippen molar-refractivity contribution in [2.75, 3.05) is 33.3 Å². The quantitative estimate of drug-likeness (QED) is 0.887. The molecule has 3 nitrogen and oxygen atoms in total. The third-order valence-electron chi connectivity index (χ3n) is 3.44. The van der Waals surface area contributed by atoms with Crippen LogP contribution in [0, 0.1) is 5.92 Å². The summed E-state index contributed by atoms with van der Waals surface area (Å²) >= 11 is 1.85. The van der Waals surface area contributed by atoms with Crippen LogP contribution < -0.4 is 5.32 Å². The summed E-state index contributed by atoms with van der Waals surface area (Å²) < 4.78 is 5.80. The van der Waals surface area contributed by atoms with Crippen LogP contribution in [0.3, 0.4) is 0 Å². The zero-order valence-corrected chi connectivity index (χ0v) is 12.4. The Bertz CT molecular complexity index is 334. The maximum absolute atomic E-state index is 5.80. The molecule has 1 N–H and O–H groups in total. The number of morpholine rings is 1. The summed E-state index contributed by atoms with van der Waals surface area (Å²) in [4.78, 5) is 3.89. The molecule has 1 saturated heterocycles. The molecule has 1 aliphatic rings. The van der Waals surface area contributed by atoms with Crippen LogP contribution in [0.4, 0.5) is 0 Å². The topological polar surface area (TPSA) is 24.5 Å². The highest BCUT2D eigenvalue weighted by molar-refractivity contribution is 7.10. The maximum Gasteiger partial charge on any atom is 0.0826 e.